The Hall–Kier alpha value is -2.89. The molecule has 3 N–H and O–H groups in total. The standard InChI is InChI=1S/C16H15N5O/c22-15-14(9-19-21-15)12-7-17-16(18-8-12)20-13-5-10-3-1-2-4-11(10)6-13/h1-4,7-9,13H,5-6H2,(H,17,18,20)(H2,19,21,22). The van der Waals surface area contributed by atoms with Crippen molar-refractivity contribution in [3.63, 3.8) is 0 Å². The predicted molar refractivity (Wildman–Crippen MR) is 83.7 cm³/mol. The molecule has 0 unspecified atom stereocenters. The average molecular weight is 293 g/mol. The van der Waals surface area contributed by atoms with E-state index in [1.807, 2.05) is 0 Å². The van der Waals surface area contributed by atoms with Crippen molar-refractivity contribution >= 4 is 5.95 Å². The summed E-state index contributed by atoms with van der Waals surface area (Å²) in [5, 5.41) is 8.53. The van der Waals surface area contributed by atoms with Gasteiger partial charge in [-0.1, -0.05) is 24.3 Å². The zero-order chi connectivity index (χ0) is 14.9. The summed E-state index contributed by atoms with van der Waals surface area (Å²) < 4.78 is 0. The lowest BCUT2D eigenvalue weighted by atomic mass is 10.1. The third-order valence-corrected chi connectivity index (χ3v) is 3.99. The van der Waals surface area contributed by atoms with Gasteiger partial charge in [-0.25, -0.2) is 9.97 Å². The van der Waals surface area contributed by atoms with E-state index in [9.17, 15) is 4.79 Å². The third kappa shape index (κ3) is 2.28. The maximum atomic E-state index is 11.6. The van der Waals surface area contributed by atoms with E-state index in [1.165, 1.54) is 11.1 Å². The highest BCUT2D eigenvalue weighted by molar-refractivity contribution is 5.59. The van der Waals surface area contributed by atoms with Crippen molar-refractivity contribution in [1.29, 1.82) is 0 Å². The maximum Gasteiger partial charge on any atom is 0.271 e. The first-order chi connectivity index (χ1) is 10.8. The van der Waals surface area contributed by atoms with E-state index in [-0.39, 0.29) is 5.56 Å². The number of anilines is 1. The molecule has 22 heavy (non-hydrogen) atoms. The van der Waals surface area contributed by atoms with Crippen LogP contribution < -0.4 is 10.9 Å². The van der Waals surface area contributed by atoms with Crippen molar-refractivity contribution in [3.05, 3.63) is 64.3 Å². The van der Waals surface area contributed by atoms with Crippen LogP contribution in [0.3, 0.4) is 0 Å². The first kappa shape index (κ1) is 12.8. The number of benzene rings is 1. The number of rotatable bonds is 3. The van der Waals surface area contributed by atoms with E-state index in [0.717, 1.165) is 12.8 Å². The fraction of sp³-hybridized carbons (Fsp3) is 0.188. The highest BCUT2D eigenvalue weighted by Crippen LogP contribution is 2.23. The highest BCUT2D eigenvalue weighted by Gasteiger charge is 2.21. The van der Waals surface area contributed by atoms with Crippen molar-refractivity contribution < 1.29 is 0 Å². The Balaban J connectivity index is 1.49. The number of nitrogens with zero attached hydrogens (tertiary/aromatic N) is 2. The van der Waals surface area contributed by atoms with Gasteiger partial charge < -0.3 is 10.4 Å². The van der Waals surface area contributed by atoms with Crippen molar-refractivity contribution in [2.24, 2.45) is 0 Å². The van der Waals surface area contributed by atoms with E-state index in [0.29, 0.717) is 23.1 Å². The number of H-pyrrole nitrogens is 2. The summed E-state index contributed by atoms with van der Waals surface area (Å²) >= 11 is 0. The minimum Gasteiger partial charge on any atom is -0.351 e. The quantitative estimate of drug-likeness (QED) is 0.686. The summed E-state index contributed by atoms with van der Waals surface area (Å²) in [7, 11) is 0. The number of aromatic nitrogens is 4. The molecule has 4 rings (SSSR count). The van der Waals surface area contributed by atoms with Gasteiger partial charge in [-0.15, -0.1) is 0 Å². The Morgan fingerprint density at radius 2 is 1.77 bits per heavy atom. The molecular formula is C16H15N5O. The van der Waals surface area contributed by atoms with E-state index in [1.54, 1.807) is 18.6 Å². The number of nitrogens with one attached hydrogen (secondary N) is 3. The molecule has 0 saturated carbocycles. The Kier molecular flexibility index (Phi) is 3.00. The SMILES string of the molecule is O=c1[nH][nH]cc1-c1cnc(NC2Cc3ccccc3C2)nc1. The zero-order valence-electron chi connectivity index (χ0n) is 11.8. The van der Waals surface area contributed by atoms with Crippen molar-refractivity contribution in [2.45, 2.75) is 18.9 Å². The van der Waals surface area contributed by atoms with Gasteiger partial charge >= 0.3 is 0 Å². The third-order valence-electron chi connectivity index (χ3n) is 3.99. The predicted octanol–water partition coefficient (Wildman–Crippen LogP) is 1.74. The number of fused-ring (bicyclic) bond motifs is 1. The summed E-state index contributed by atoms with van der Waals surface area (Å²) in [6.45, 7) is 0. The molecular weight excluding hydrogens is 278 g/mol. The number of hydrogen-bond acceptors (Lipinski definition) is 4. The van der Waals surface area contributed by atoms with Crippen molar-refractivity contribution in [3.8, 4) is 11.1 Å². The van der Waals surface area contributed by atoms with Gasteiger partial charge in [-0.05, 0) is 24.0 Å². The minimum absolute atomic E-state index is 0.171. The molecule has 110 valence electrons. The molecule has 6 nitrogen and oxygen atoms in total. The lowest BCUT2D eigenvalue weighted by Crippen LogP contribution is -2.21. The molecule has 3 aromatic rings. The van der Waals surface area contributed by atoms with Gasteiger partial charge in [-0.3, -0.25) is 9.89 Å². The van der Waals surface area contributed by atoms with Crippen LogP contribution in [-0.4, -0.2) is 26.2 Å². The molecule has 0 bridgehead atoms. The summed E-state index contributed by atoms with van der Waals surface area (Å²) in [5.41, 5.74) is 3.84. The van der Waals surface area contributed by atoms with Gasteiger partial charge in [0.15, 0.2) is 0 Å². The van der Waals surface area contributed by atoms with E-state index >= 15 is 0 Å². The van der Waals surface area contributed by atoms with Crippen molar-refractivity contribution in [2.75, 3.05) is 5.32 Å². The minimum atomic E-state index is -0.171. The molecule has 2 heterocycles. The molecule has 0 atom stereocenters. The summed E-state index contributed by atoms with van der Waals surface area (Å²) in [5.74, 6) is 0.591. The first-order valence-corrected chi connectivity index (χ1v) is 7.21. The summed E-state index contributed by atoms with van der Waals surface area (Å²) in [4.78, 5) is 20.2. The van der Waals surface area contributed by atoms with Gasteiger partial charge in [0, 0.05) is 30.2 Å². The second-order valence-corrected chi connectivity index (χ2v) is 5.47. The molecule has 0 amide bonds. The van der Waals surface area contributed by atoms with Crippen molar-refractivity contribution in [1.82, 2.24) is 20.2 Å². The Morgan fingerprint density at radius 3 is 2.36 bits per heavy atom. The van der Waals surface area contributed by atoms with E-state index in [4.69, 9.17) is 0 Å². The Labute approximate surface area is 126 Å². The monoisotopic (exact) mass is 293 g/mol. The molecule has 1 aromatic carbocycles. The lowest BCUT2D eigenvalue weighted by Gasteiger charge is -2.11. The summed E-state index contributed by atoms with van der Waals surface area (Å²) in [6.07, 6.45) is 6.91. The average Bonchev–Trinajstić information content (AvgIpc) is 3.13. The van der Waals surface area contributed by atoms with Crippen LogP contribution in [-0.2, 0) is 12.8 Å². The van der Waals surface area contributed by atoms with Gasteiger partial charge in [0.2, 0.25) is 5.95 Å². The molecule has 2 aromatic heterocycles. The topological polar surface area (TPSA) is 86.5 Å². The highest BCUT2D eigenvalue weighted by atomic mass is 16.1. The van der Waals surface area contributed by atoms with Crippen LogP contribution in [0.2, 0.25) is 0 Å². The number of hydrogen-bond donors (Lipinski definition) is 3. The smallest absolute Gasteiger partial charge is 0.271 e. The zero-order valence-corrected chi connectivity index (χ0v) is 11.8. The Bertz CT molecular complexity index is 824. The van der Waals surface area contributed by atoms with Gasteiger partial charge in [0.1, 0.15) is 0 Å². The van der Waals surface area contributed by atoms with Crippen LogP contribution in [0.4, 0.5) is 5.95 Å². The molecule has 0 fully saturated rings. The number of aromatic amines is 2. The van der Waals surface area contributed by atoms with E-state index in [2.05, 4.69) is 49.7 Å². The largest absolute Gasteiger partial charge is 0.351 e. The maximum absolute atomic E-state index is 11.6. The van der Waals surface area contributed by atoms with Gasteiger partial charge in [0.05, 0.1) is 5.56 Å². The fourth-order valence-corrected chi connectivity index (χ4v) is 2.91. The molecule has 0 saturated heterocycles. The van der Waals surface area contributed by atoms with Gasteiger partial charge in [0.25, 0.3) is 5.56 Å². The lowest BCUT2D eigenvalue weighted by molar-refractivity contribution is 0.762. The molecule has 1 aliphatic rings. The first-order valence-electron chi connectivity index (χ1n) is 7.21. The van der Waals surface area contributed by atoms with Crippen LogP contribution in [0.1, 0.15) is 11.1 Å². The molecule has 6 heteroatoms. The van der Waals surface area contributed by atoms with Crippen LogP contribution in [0, 0.1) is 0 Å². The van der Waals surface area contributed by atoms with E-state index < -0.39 is 0 Å². The fourth-order valence-electron chi connectivity index (χ4n) is 2.91. The van der Waals surface area contributed by atoms with Crippen LogP contribution in [0.5, 0.6) is 0 Å². The molecule has 0 aliphatic heterocycles. The van der Waals surface area contributed by atoms with Crippen LogP contribution in [0.25, 0.3) is 11.1 Å². The second kappa shape index (κ2) is 5.14. The van der Waals surface area contributed by atoms with Gasteiger partial charge in [-0.2, -0.15) is 0 Å². The van der Waals surface area contributed by atoms with Crippen LogP contribution in [0.15, 0.2) is 47.7 Å². The second-order valence-electron chi connectivity index (χ2n) is 5.47. The Morgan fingerprint density at radius 1 is 1.09 bits per heavy atom. The summed E-state index contributed by atoms with van der Waals surface area (Å²) in [6, 6.07) is 8.79. The molecule has 1 aliphatic carbocycles. The normalized spacial score (nSPS) is 14.0. The molecule has 0 spiro atoms. The van der Waals surface area contributed by atoms with Crippen LogP contribution >= 0.6 is 0 Å². The molecule has 0 radical (unpaired) electrons.